The van der Waals surface area contributed by atoms with Gasteiger partial charge in [-0.25, -0.2) is 0 Å². The molecule has 0 nitrogen and oxygen atoms in total. The number of fused-ring (bicyclic) bond motifs is 3. The van der Waals surface area contributed by atoms with Crippen molar-refractivity contribution in [2.75, 3.05) is 6.26 Å². The van der Waals surface area contributed by atoms with Crippen LogP contribution in [0.1, 0.15) is 0 Å². The molecule has 0 spiro atoms. The summed E-state index contributed by atoms with van der Waals surface area (Å²) in [5.41, 5.74) is 5.70. The largest absolute Gasteiger partial charge is 0.136 e. The van der Waals surface area contributed by atoms with E-state index in [1.807, 2.05) is 23.1 Å². The van der Waals surface area contributed by atoms with Gasteiger partial charge in [0.1, 0.15) is 0 Å². The van der Waals surface area contributed by atoms with Crippen LogP contribution in [0.5, 0.6) is 0 Å². The molecule has 1 aromatic heterocycles. The van der Waals surface area contributed by atoms with Gasteiger partial charge < -0.3 is 0 Å². The average molecular weight is 254 g/mol. The minimum Gasteiger partial charge on any atom is -0.136 e. The quantitative estimate of drug-likeness (QED) is 0.417. The van der Waals surface area contributed by atoms with Crippen molar-refractivity contribution in [3.05, 3.63) is 41.8 Å². The molecule has 17 heavy (non-hydrogen) atoms. The Labute approximate surface area is 108 Å². The summed E-state index contributed by atoms with van der Waals surface area (Å²) in [7, 11) is 0. The third-order valence-corrected chi connectivity index (χ3v) is 5.54. The van der Waals surface area contributed by atoms with Crippen molar-refractivity contribution >= 4 is 33.9 Å². The zero-order chi connectivity index (χ0) is 11.4. The van der Waals surface area contributed by atoms with Crippen LogP contribution in [0.4, 0.5) is 0 Å². The van der Waals surface area contributed by atoms with E-state index in [2.05, 4.69) is 48.0 Å². The summed E-state index contributed by atoms with van der Waals surface area (Å²) in [6.45, 7) is 0. The van der Waals surface area contributed by atoms with E-state index in [9.17, 15) is 0 Å². The summed E-state index contributed by atoms with van der Waals surface area (Å²) < 4.78 is 1.43. The van der Waals surface area contributed by atoms with Crippen LogP contribution in [0.2, 0.25) is 0 Å². The Kier molecular flexibility index (Phi) is 1.93. The number of hydrogen-bond donors (Lipinski definition) is 0. The monoisotopic (exact) mass is 254 g/mol. The Morgan fingerprint density at radius 1 is 0.941 bits per heavy atom. The Balaban J connectivity index is 2.23. The predicted octanol–water partition coefficient (Wildman–Crippen LogP) is 5.27. The van der Waals surface area contributed by atoms with E-state index in [1.165, 1.54) is 37.2 Å². The van der Waals surface area contributed by atoms with Gasteiger partial charge in [-0.1, -0.05) is 36.4 Å². The van der Waals surface area contributed by atoms with E-state index in [0.29, 0.717) is 0 Å². The molecule has 0 saturated heterocycles. The molecule has 82 valence electrons. The molecule has 0 saturated carbocycles. The van der Waals surface area contributed by atoms with Gasteiger partial charge in [0.15, 0.2) is 0 Å². The van der Waals surface area contributed by atoms with Gasteiger partial charge >= 0.3 is 0 Å². The number of hydrogen-bond acceptors (Lipinski definition) is 2. The van der Waals surface area contributed by atoms with Gasteiger partial charge in [-0.15, -0.1) is 23.1 Å². The second kappa shape index (κ2) is 3.37. The lowest BCUT2D eigenvalue weighted by Crippen LogP contribution is -1.75. The summed E-state index contributed by atoms with van der Waals surface area (Å²) in [6, 6.07) is 13.2. The van der Waals surface area contributed by atoms with Crippen molar-refractivity contribution in [2.24, 2.45) is 0 Å². The molecule has 1 aliphatic carbocycles. The highest BCUT2D eigenvalue weighted by molar-refractivity contribution is 8.00. The summed E-state index contributed by atoms with van der Waals surface area (Å²) in [5.74, 6) is 0. The number of rotatable bonds is 1. The van der Waals surface area contributed by atoms with Crippen LogP contribution in [0.15, 0.2) is 46.0 Å². The zero-order valence-electron chi connectivity index (χ0n) is 9.36. The normalized spacial score (nSPS) is 12.1. The first kappa shape index (κ1) is 9.75. The van der Waals surface area contributed by atoms with Gasteiger partial charge in [0.25, 0.3) is 0 Å². The topological polar surface area (TPSA) is 0 Å². The fourth-order valence-corrected chi connectivity index (χ4v) is 4.48. The Hall–Kier alpha value is -1.25. The van der Waals surface area contributed by atoms with Gasteiger partial charge in [0.05, 0.1) is 4.21 Å². The summed E-state index contributed by atoms with van der Waals surface area (Å²) in [4.78, 5) is 0. The molecule has 0 radical (unpaired) electrons. The van der Waals surface area contributed by atoms with Crippen LogP contribution >= 0.6 is 23.1 Å². The maximum absolute atomic E-state index is 2.30. The molecule has 4 rings (SSSR count). The molecule has 0 atom stereocenters. The first-order valence-corrected chi connectivity index (χ1v) is 7.68. The third-order valence-electron chi connectivity index (χ3n) is 3.41. The fraction of sp³-hybridized carbons (Fsp3) is 0.0667. The fourth-order valence-electron chi connectivity index (χ4n) is 2.72. The van der Waals surface area contributed by atoms with Gasteiger partial charge in [-0.05, 0) is 28.2 Å². The van der Waals surface area contributed by atoms with Crippen molar-refractivity contribution in [2.45, 2.75) is 4.21 Å². The Bertz CT molecular complexity index is 733. The van der Waals surface area contributed by atoms with Gasteiger partial charge in [-0.2, -0.15) is 0 Å². The zero-order valence-corrected chi connectivity index (χ0v) is 11.0. The van der Waals surface area contributed by atoms with E-state index in [-0.39, 0.29) is 0 Å². The molecule has 1 heterocycles. The molecule has 1 aliphatic rings. The highest BCUT2D eigenvalue weighted by Crippen LogP contribution is 2.53. The van der Waals surface area contributed by atoms with E-state index in [0.717, 1.165) is 0 Å². The summed E-state index contributed by atoms with van der Waals surface area (Å²) in [6.07, 6.45) is 2.16. The van der Waals surface area contributed by atoms with Crippen molar-refractivity contribution in [1.82, 2.24) is 0 Å². The molecule has 0 amide bonds. The maximum Gasteiger partial charge on any atom is 0.0681 e. The molecule has 3 aromatic rings. The van der Waals surface area contributed by atoms with Crippen molar-refractivity contribution in [3.63, 3.8) is 0 Å². The highest BCUT2D eigenvalue weighted by atomic mass is 32.2. The SMILES string of the molecule is CSc1scc2c1-c1cccc3cccc-2c13. The molecule has 2 heteroatoms. The van der Waals surface area contributed by atoms with Gasteiger partial charge in [-0.3, -0.25) is 0 Å². The second-order valence-electron chi connectivity index (χ2n) is 4.23. The molecular formula is C15H10S2. The smallest absolute Gasteiger partial charge is 0.0681 e. The van der Waals surface area contributed by atoms with E-state index >= 15 is 0 Å². The first-order chi connectivity index (χ1) is 8.40. The lowest BCUT2D eigenvalue weighted by atomic mass is 10.0. The third kappa shape index (κ3) is 1.15. The van der Waals surface area contributed by atoms with Crippen LogP contribution in [-0.4, -0.2) is 6.26 Å². The van der Waals surface area contributed by atoms with Gasteiger partial charge in [0.2, 0.25) is 0 Å². The predicted molar refractivity (Wildman–Crippen MR) is 78.0 cm³/mol. The minimum absolute atomic E-state index is 1.35. The van der Waals surface area contributed by atoms with E-state index < -0.39 is 0 Å². The molecule has 0 bridgehead atoms. The highest BCUT2D eigenvalue weighted by Gasteiger charge is 2.24. The van der Waals surface area contributed by atoms with Crippen LogP contribution in [0.25, 0.3) is 33.0 Å². The first-order valence-electron chi connectivity index (χ1n) is 5.58. The van der Waals surface area contributed by atoms with Gasteiger partial charge in [0, 0.05) is 16.5 Å². The second-order valence-corrected chi connectivity index (χ2v) is 6.18. The minimum atomic E-state index is 1.35. The van der Waals surface area contributed by atoms with Crippen LogP contribution in [0, 0.1) is 0 Å². The van der Waals surface area contributed by atoms with Crippen molar-refractivity contribution in [1.29, 1.82) is 0 Å². The van der Waals surface area contributed by atoms with E-state index in [1.54, 1.807) is 0 Å². The molecule has 0 fully saturated rings. The lowest BCUT2D eigenvalue weighted by molar-refractivity contribution is 1.70. The molecule has 0 aliphatic heterocycles. The van der Waals surface area contributed by atoms with E-state index in [4.69, 9.17) is 0 Å². The number of benzene rings is 2. The molecular weight excluding hydrogens is 244 g/mol. The lowest BCUT2D eigenvalue weighted by Gasteiger charge is -2.02. The van der Waals surface area contributed by atoms with Crippen LogP contribution in [-0.2, 0) is 0 Å². The Morgan fingerprint density at radius 2 is 1.71 bits per heavy atom. The number of thiophene rings is 1. The number of thioether (sulfide) groups is 1. The molecule has 2 aromatic carbocycles. The summed E-state index contributed by atoms with van der Waals surface area (Å²) in [5, 5.41) is 5.09. The maximum atomic E-state index is 2.30. The van der Waals surface area contributed by atoms with Crippen molar-refractivity contribution in [3.8, 4) is 22.3 Å². The molecule has 0 N–H and O–H groups in total. The summed E-state index contributed by atoms with van der Waals surface area (Å²) >= 11 is 3.72. The van der Waals surface area contributed by atoms with Crippen molar-refractivity contribution < 1.29 is 0 Å². The standard InChI is InChI=1S/C15H10S2/c1-16-15-14-11-7-3-5-9-4-2-6-10(13(9)11)12(14)8-17-15/h2-8H,1H3. The van der Waals surface area contributed by atoms with Crippen LogP contribution < -0.4 is 0 Å². The average Bonchev–Trinajstić information content (AvgIpc) is 2.92. The van der Waals surface area contributed by atoms with Crippen LogP contribution in [0.3, 0.4) is 0 Å². The molecule has 0 unspecified atom stereocenters. The Morgan fingerprint density at radius 3 is 2.47 bits per heavy atom.